The lowest BCUT2D eigenvalue weighted by molar-refractivity contribution is -0.121. The fourth-order valence-electron chi connectivity index (χ4n) is 3.31. The Kier molecular flexibility index (Phi) is 7.75. The maximum Gasteiger partial charge on any atom is 0.246 e. The van der Waals surface area contributed by atoms with Gasteiger partial charge in [-0.05, 0) is 55.4 Å². The molecule has 156 valence electrons. The quantitative estimate of drug-likeness (QED) is 0.451. The third-order valence-electron chi connectivity index (χ3n) is 4.60. The van der Waals surface area contributed by atoms with Crippen LogP contribution in [0.2, 0.25) is 10.0 Å². The number of nitrogens with zero attached hydrogens (tertiary/aromatic N) is 1. The summed E-state index contributed by atoms with van der Waals surface area (Å²) in [6.45, 7) is 3.18. The lowest BCUT2D eigenvalue weighted by Gasteiger charge is -2.28. The van der Waals surface area contributed by atoms with E-state index in [0.717, 1.165) is 16.9 Å². The highest BCUT2D eigenvalue weighted by atomic mass is 35.5. The molecule has 1 atom stereocenters. The number of ether oxygens (including phenoxy) is 1. The molecule has 30 heavy (non-hydrogen) atoms. The van der Waals surface area contributed by atoms with Gasteiger partial charge in [-0.1, -0.05) is 65.7 Å². The fraction of sp³-hybridized carbons (Fsp3) is 0.208. The first kappa shape index (κ1) is 22.2. The predicted octanol–water partition coefficient (Wildman–Crippen LogP) is 6.20. The lowest BCUT2D eigenvalue weighted by Crippen LogP contribution is -2.34. The van der Waals surface area contributed by atoms with E-state index < -0.39 is 6.04 Å². The predicted molar refractivity (Wildman–Crippen MR) is 123 cm³/mol. The van der Waals surface area contributed by atoms with Crippen molar-refractivity contribution in [3.63, 3.8) is 0 Å². The standard InChI is InChI=1S/C24H24Cl2N2O2/c1-3-30-22-11-9-17(10-12-22)16-28(2)23(18-7-5-4-6-8-18)24(29)27-21-14-19(25)13-20(26)15-21/h4-15,23H,3,16H2,1-2H3,(H,27,29)/t23-/m0/s1. The number of halogens is 2. The average Bonchev–Trinajstić information content (AvgIpc) is 2.70. The minimum absolute atomic E-state index is 0.159. The zero-order valence-electron chi connectivity index (χ0n) is 16.9. The summed E-state index contributed by atoms with van der Waals surface area (Å²) < 4.78 is 5.51. The van der Waals surface area contributed by atoms with E-state index in [-0.39, 0.29) is 5.91 Å². The van der Waals surface area contributed by atoms with Gasteiger partial charge >= 0.3 is 0 Å². The Morgan fingerprint density at radius 3 is 2.23 bits per heavy atom. The van der Waals surface area contributed by atoms with Crippen molar-refractivity contribution in [3.05, 3.63) is 94.0 Å². The summed E-state index contributed by atoms with van der Waals surface area (Å²) in [5, 5.41) is 3.88. The summed E-state index contributed by atoms with van der Waals surface area (Å²) >= 11 is 12.2. The van der Waals surface area contributed by atoms with Crippen LogP contribution in [0.25, 0.3) is 0 Å². The van der Waals surface area contributed by atoms with Crippen LogP contribution in [0.4, 0.5) is 5.69 Å². The van der Waals surface area contributed by atoms with E-state index in [1.807, 2.05) is 73.5 Å². The second kappa shape index (κ2) is 10.5. The molecule has 0 saturated carbocycles. The summed E-state index contributed by atoms with van der Waals surface area (Å²) in [4.78, 5) is 15.3. The second-order valence-electron chi connectivity index (χ2n) is 6.95. The first-order valence-corrected chi connectivity index (χ1v) is 10.5. The molecular formula is C24H24Cl2N2O2. The van der Waals surface area contributed by atoms with Crippen molar-refractivity contribution in [2.75, 3.05) is 19.0 Å². The van der Waals surface area contributed by atoms with Crippen molar-refractivity contribution in [2.45, 2.75) is 19.5 Å². The third kappa shape index (κ3) is 5.99. The number of hydrogen-bond acceptors (Lipinski definition) is 3. The van der Waals surface area contributed by atoms with Gasteiger partial charge in [-0.25, -0.2) is 0 Å². The van der Waals surface area contributed by atoms with Gasteiger partial charge in [-0.2, -0.15) is 0 Å². The van der Waals surface area contributed by atoms with Crippen molar-refractivity contribution in [1.82, 2.24) is 4.90 Å². The Morgan fingerprint density at radius 1 is 1.00 bits per heavy atom. The van der Waals surface area contributed by atoms with Crippen molar-refractivity contribution >= 4 is 34.8 Å². The van der Waals surface area contributed by atoms with E-state index in [1.54, 1.807) is 18.2 Å². The molecule has 4 nitrogen and oxygen atoms in total. The van der Waals surface area contributed by atoms with E-state index in [1.165, 1.54) is 0 Å². The van der Waals surface area contributed by atoms with Crippen LogP contribution in [0, 0.1) is 0 Å². The molecule has 0 heterocycles. The molecule has 3 aromatic carbocycles. The molecule has 3 rings (SSSR count). The summed E-state index contributed by atoms with van der Waals surface area (Å²) in [7, 11) is 1.93. The smallest absolute Gasteiger partial charge is 0.246 e. The molecule has 0 saturated heterocycles. The molecule has 0 radical (unpaired) electrons. The number of nitrogens with one attached hydrogen (secondary N) is 1. The molecular weight excluding hydrogens is 419 g/mol. The maximum absolute atomic E-state index is 13.2. The van der Waals surface area contributed by atoms with Crippen LogP contribution in [-0.2, 0) is 11.3 Å². The van der Waals surface area contributed by atoms with Gasteiger partial charge in [0.05, 0.1) is 6.61 Å². The van der Waals surface area contributed by atoms with Crippen LogP contribution in [0.15, 0.2) is 72.8 Å². The van der Waals surface area contributed by atoms with Gasteiger partial charge in [0, 0.05) is 22.3 Å². The highest BCUT2D eigenvalue weighted by Gasteiger charge is 2.25. The average molecular weight is 443 g/mol. The number of benzene rings is 3. The van der Waals surface area contributed by atoms with Crippen LogP contribution in [0.1, 0.15) is 24.1 Å². The second-order valence-corrected chi connectivity index (χ2v) is 7.83. The Bertz CT molecular complexity index is 958. The fourth-order valence-corrected chi connectivity index (χ4v) is 3.84. The molecule has 0 aliphatic carbocycles. The Balaban J connectivity index is 1.82. The van der Waals surface area contributed by atoms with Gasteiger partial charge in [0.25, 0.3) is 0 Å². The Morgan fingerprint density at radius 2 is 1.63 bits per heavy atom. The molecule has 3 aromatic rings. The lowest BCUT2D eigenvalue weighted by atomic mass is 10.0. The van der Waals surface area contributed by atoms with Gasteiger partial charge in [0.1, 0.15) is 11.8 Å². The zero-order valence-corrected chi connectivity index (χ0v) is 18.5. The number of rotatable bonds is 8. The molecule has 0 bridgehead atoms. The van der Waals surface area contributed by atoms with E-state index in [4.69, 9.17) is 27.9 Å². The Labute approximate surface area is 187 Å². The number of amides is 1. The van der Waals surface area contributed by atoms with E-state index in [2.05, 4.69) is 5.32 Å². The summed E-state index contributed by atoms with van der Waals surface area (Å²) in [5.41, 5.74) is 2.55. The number of carbonyl (C=O) groups is 1. The molecule has 0 aromatic heterocycles. The summed E-state index contributed by atoms with van der Waals surface area (Å²) in [6.07, 6.45) is 0. The molecule has 0 fully saturated rings. The largest absolute Gasteiger partial charge is 0.494 e. The first-order valence-electron chi connectivity index (χ1n) is 9.70. The SMILES string of the molecule is CCOc1ccc(CN(C)[C@H](C(=O)Nc2cc(Cl)cc(Cl)c2)c2ccccc2)cc1. The molecule has 6 heteroatoms. The van der Waals surface area contributed by atoms with Crippen molar-refractivity contribution in [2.24, 2.45) is 0 Å². The monoisotopic (exact) mass is 442 g/mol. The number of carbonyl (C=O) groups excluding carboxylic acids is 1. The van der Waals surface area contributed by atoms with E-state index in [9.17, 15) is 4.79 Å². The van der Waals surface area contributed by atoms with Crippen LogP contribution in [0.3, 0.4) is 0 Å². The minimum atomic E-state index is -0.490. The molecule has 1 N–H and O–H groups in total. The highest BCUT2D eigenvalue weighted by Crippen LogP contribution is 2.27. The van der Waals surface area contributed by atoms with Crippen LogP contribution >= 0.6 is 23.2 Å². The van der Waals surface area contributed by atoms with Gasteiger partial charge < -0.3 is 10.1 Å². The Hall–Kier alpha value is -2.53. The number of hydrogen-bond donors (Lipinski definition) is 1. The number of likely N-dealkylation sites (N-methyl/N-ethyl adjacent to an activating group) is 1. The topological polar surface area (TPSA) is 41.6 Å². The van der Waals surface area contributed by atoms with E-state index in [0.29, 0.717) is 28.9 Å². The van der Waals surface area contributed by atoms with Crippen LogP contribution in [0.5, 0.6) is 5.75 Å². The summed E-state index contributed by atoms with van der Waals surface area (Å²) in [6, 6.07) is 22.1. The van der Waals surface area contributed by atoms with Crippen LogP contribution < -0.4 is 10.1 Å². The molecule has 0 aliphatic heterocycles. The van der Waals surface area contributed by atoms with E-state index >= 15 is 0 Å². The molecule has 0 aliphatic rings. The maximum atomic E-state index is 13.2. The third-order valence-corrected chi connectivity index (χ3v) is 5.04. The number of anilines is 1. The summed E-state index contributed by atoms with van der Waals surface area (Å²) in [5.74, 6) is 0.673. The molecule has 0 spiro atoms. The minimum Gasteiger partial charge on any atom is -0.494 e. The molecule has 0 unspecified atom stereocenters. The van der Waals surface area contributed by atoms with Gasteiger partial charge in [0.15, 0.2) is 0 Å². The van der Waals surface area contributed by atoms with Crippen molar-refractivity contribution in [3.8, 4) is 5.75 Å². The van der Waals surface area contributed by atoms with Gasteiger partial charge in [-0.3, -0.25) is 9.69 Å². The first-order chi connectivity index (χ1) is 14.5. The normalized spacial score (nSPS) is 11.9. The van der Waals surface area contributed by atoms with Gasteiger partial charge in [0.2, 0.25) is 5.91 Å². The zero-order chi connectivity index (χ0) is 21.5. The van der Waals surface area contributed by atoms with Gasteiger partial charge in [-0.15, -0.1) is 0 Å². The van der Waals surface area contributed by atoms with Crippen molar-refractivity contribution < 1.29 is 9.53 Å². The van der Waals surface area contributed by atoms with Crippen LogP contribution in [-0.4, -0.2) is 24.5 Å². The van der Waals surface area contributed by atoms with Crippen molar-refractivity contribution in [1.29, 1.82) is 0 Å². The highest BCUT2D eigenvalue weighted by molar-refractivity contribution is 6.35. The molecule has 1 amide bonds.